The number of ether oxygens (including phenoxy) is 2. The molecule has 0 radical (unpaired) electrons. The maximum absolute atomic E-state index is 6.03. The van der Waals surface area contributed by atoms with Gasteiger partial charge in [0.1, 0.15) is 5.75 Å². The summed E-state index contributed by atoms with van der Waals surface area (Å²) in [5.74, 6) is 1.72. The maximum Gasteiger partial charge on any atom is 0.225 e. The number of aromatic nitrogens is 2. The number of nitrogens with zero attached hydrogens (tertiary/aromatic N) is 4. The molecule has 144 valence electrons. The van der Waals surface area contributed by atoms with Gasteiger partial charge in [-0.2, -0.15) is 0 Å². The van der Waals surface area contributed by atoms with Gasteiger partial charge in [0.15, 0.2) is 0 Å². The van der Waals surface area contributed by atoms with Gasteiger partial charge in [-0.15, -0.1) is 0 Å². The summed E-state index contributed by atoms with van der Waals surface area (Å²) >= 11 is 0. The molecule has 6 heteroatoms. The van der Waals surface area contributed by atoms with Crippen LogP contribution in [0, 0.1) is 5.41 Å². The number of likely N-dealkylation sites (tertiary alicyclic amines) is 1. The first-order valence-electron chi connectivity index (χ1n) is 9.71. The van der Waals surface area contributed by atoms with E-state index in [-0.39, 0.29) is 5.41 Å². The Morgan fingerprint density at radius 1 is 1.11 bits per heavy atom. The van der Waals surface area contributed by atoms with Gasteiger partial charge < -0.3 is 14.4 Å². The third kappa shape index (κ3) is 4.39. The molecule has 0 N–H and O–H groups in total. The fourth-order valence-electron chi connectivity index (χ4n) is 4.30. The normalized spacial score (nSPS) is 24.0. The van der Waals surface area contributed by atoms with Crippen LogP contribution in [0.3, 0.4) is 0 Å². The van der Waals surface area contributed by atoms with Gasteiger partial charge in [-0.3, -0.25) is 4.90 Å². The van der Waals surface area contributed by atoms with Crippen molar-refractivity contribution in [2.24, 2.45) is 5.41 Å². The second kappa shape index (κ2) is 8.23. The van der Waals surface area contributed by atoms with E-state index in [4.69, 9.17) is 9.47 Å². The minimum atomic E-state index is 0.139. The number of anilines is 1. The molecule has 2 aliphatic rings. The molecule has 2 fully saturated rings. The van der Waals surface area contributed by atoms with Crippen molar-refractivity contribution in [2.45, 2.75) is 19.4 Å². The van der Waals surface area contributed by atoms with Crippen molar-refractivity contribution in [2.75, 3.05) is 51.4 Å². The summed E-state index contributed by atoms with van der Waals surface area (Å²) in [7, 11) is 1.71. The van der Waals surface area contributed by atoms with Crippen LogP contribution in [-0.4, -0.2) is 61.4 Å². The minimum Gasteiger partial charge on any atom is -0.497 e. The number of rotatable bonds is 4. The molecule has 1 unspecified atom stereocenters. The minimum absolute atomic E-state index is 0.139. The van der Waals surface area contributed by atoms with Crippen molar-refractivity contribution >= 4 is 5.95 Å². The summed E-state index contributed by atoms with van der Waals surface area (Å²) < 4.78 is 11.3. The number of piperidine rings is 1. The van der Waals surface area contributed by atoms with Crippen LogP contribution in [-0.2, 0) is 11.3 Å². The second-order valence-electron chi connectivity index (χ2n) is 7.69. The molecule has 2 saturated heterocycles. The van der Waals surface area contributed by atoms with Gasteiger partial charge in [-0.25, -0.2) is 9.97 Å². The zero-order valence-electron chi connectivity index (χ0n) is 16.0. The lowest BCUT2D eigenvalue weighted by Gasteiger charge is -2.43. The highest BCUT2D eigenvalue weighted by molar-refractivity contribution is 5.30. The SMILES string of the molecule is COc1ccc(CN2CCCC3(COCCN(c4ncccn4)C3)C2)cc1. The molecule has 2 aromatic rings. The highest BCUT2D eigenvalue weighted by Crippen LogP contribution is 2.34. The zero-order chi connectivity index (χ0) is 18.5. The summed E-state index contributed by atoms with van der Waals surface area (Å²) in [4.78, 5) is 13.8. The third-order valence-electron chi connectivity index (χ3n) is 5.58. The standard InChI is InChI=1S/C21H28N4O2/c1-26-19-6-4-18(5-7-19)14-24-11-2-8-21(15-24)16-25(12-13-27-17-21)20-22-9-3-10-23-20/h3-7,9-10H,2,8,11-17H2,1H3. The summed E-state index contributed by atoms with van der Waals surface area (Å²) in [5, 5.41) is 0. The fourth-order valence-corrected chi connectivity index (χ4v) is 4.30. The molecule has 2 aliphatic heterocycles. The monoisotopic (exact) mass is 368 g/mol. The molecule has 1 spiro atoms. The summed E-state index contributed by atoms with van der Waals surface area (Å²) in [6.45, 7) is 6.50. The Balaban J connectivity index is 1.46. The predicted molar refractivity (Wildman–Crippen MR) is 105 cm³/mol. The molecule has 0 amide bonds. The molecule has 6 nitrogen and oxygen atoms in total. The number of benzene rings is 1. The highest BCUT2D eigenvalue weighted by atomic mass is 16.5. The van der Waals surface area contributed by atoms with Crippen molar-refractivity contribution in [3.8, 4) is 5.75 Å². The van der Waals surface area contributed by atoms with Crippen LogP contribution in [0.1, 0.15) is 18.4 Å². The molecule has 1 atom stereocenters. The van der Waals surface area contributed by atoms with Crippen LogP contribution in [0.5, 0.6) is 5.75 Å². The van der Waals surface area contributed by atoms with E-state index in [1.807, 2.05) is 30.6 Å². The second-order valence-corrected chi connectivity index (χ2v) is 7.69. The van der Waals surface area contributed by atoms with Crippen molar-refractivity contribution in [3.05, 3.63) is 48.3 Å². The maximum atomic E-state index is 6.03. The van der Waals surface area contributed by atoms with E-state index in [2.05, 4.69) is 31.9 Å². The molecule has 1 aromatic heterocycles. The Hall–Kier alpha value is -2.18. The smallest absolute Gasteiger partial charge is 0.225 e. The molecular weight excluding hydrogens is 340 g/mol. The van der Waals surface area contributed by atoms with E-state index in [1.54, 1.807) is 7.11 Å². The van der Waals surface area contributed by atoms with Crippen LogP contribution in [0.25, 0.3) is 0 Å². The van der Waals surface area contributed by atoms with Crippen LogP contribution < -0.4 is 9.64 Å². The Labute approximate surface area is 161 Å². The van der Waals surface area contributed by atoms with E-state index in [0.717, 1.165) is 57.6 Å². The highest BCUT2D eigenvalue weighted by Gasteiger charge is 2.39. The van der Waals surface area contributed by atoms with Gasteiger partial charge in [0.25, 0.3) is 0 Å². The van der Waals surface area contributed by atoms with Crippen LogP contribution in [0.15, 0.2) is 42.7 Å². The lowest BCUT2D eigenvalue weighted by molar-refractivity contribution is 0.0106. The Bertz CT molecular complexity index is 725. The van der Waals surface area contributed by atoms with Gasteiger partial charge in [0.2, 0.25) is 5.95 Å². The van der Waals surface area contributed by atoms with E-state index in [9.17, 15) is 0 Å². The molecule has 3 heterocycles. The van der Waals surface area contributed by atoms with Gasteiger partial charge in [-0.1, -0.05) is 12.1 Å². The number of hydrogen-bond donors (Lipinski definition) is 0. The average Bonchev–Trinajstić information content (AvgIpc) is 2.92. The molecule has 1 aromatic carbocycles. The first-order valence-corrected chi connectivity index (χ1v) is 9.71. The van der Waals surface area contributed by atoms with E-state index in [0.29, 0.717) is 0 Å². The number of methoxy groups -OCH3 is 1. The number of hydrogen-bond acceptors (Lipinski definition) is 6. The van der Waals surface area contributed by atoms with Gasteiger partial charge in [0, 0.05) is 44.0 Å². The first-order chi connectivity index (χ1) is 13.3. The van der Waals surface area contributed by atoms with Gasteiger partial charge >= 0.3 is 0 Å². The van der Waals surface area contributed by atoms with Gasteiger partial charge in [0.05, 0.1) is 20.3 Å². The molecule has 27 heavy (non-hydrogen) atoms. The lowest BCUT2D eigenvalue weighted by atomic mass is 9.80. The Kier molecular flexibility index (Phi) is 5.55. The Morgan fingerprint density at radius 2 is 1.93 bits per heavy atom. The summed E-state index contributed by atoms with van der Waals surface area (Å²) in [5.41, 5.74) is 1.46. The summed E-state index contributed by atoms with van der Waals surface area (Å²) in [6.07, 6.45) is 6.02. The third-order valence-corrected chi connectivity index (χ3v) is 5.58. The quantitative estimate of drug-likeness (QED) is 0.827. The molecule has 0 saturated carbocycles. The van der Waals surface area contributed by atoms with Crippen molar-refractivity contribution in [3.63, 3.8) is 0 Å². The molecular formula is C21H28N4O2. The average molecular weight is 368 g/mol. The lowest BCUT2D eigenvalue weighted by Crippen LogP contribution is -2.50. The van der Waals surface area contributed by atoms with Crippen molar-refractivity contribution in [1.82, 2.24) is 14.9 Å². The largest absolute Gasteiger partial charge is 0.497 e. The van der Waals surface area contributed by atoms with E-state index < -0.39 is 0 Å². The van der Waals surface area contributed by atoms with Crippen LogP contribution >= 0.6 is 0 Å². The Morgan fingerprint density at radius 3 is 2.70 bits per heavy atom. The zero-order valence-corrected chi connectivity index (χ0v) is 16.0. The molecule has 4 rings (SSSR count). The van der Waals surface area contributed by atoms with Crippen LogP contribution in [0.4, 0.5) is 5.95 Å². The van der Waals surface area contributed by atoms with Crippen molar-refractivity contribution < 1.29 is 9.47 Å². The van der Waals surface area contributed by atoms with Gasteiger partial charge in [-0.05, 0) is 43.1 Å². The van der Waals surface area contributed by atoms with Crippen molar-refractivity contribution in [1.29, 1.82) is 0 Å². The molecule has 0 bridgehead atoms. The van der Waals surface area contributed by atoms with Crippen LogP contribution in [0.2, 0.25) is 0 Å². The first kappa shape index (κ1) is 18.2. The van der Waals surface area contributed by atoms with E-state index >= 15 is 0 Å². The fraction of sp³-hybridized carbons (Fsp3) is 0.524. The van der Waals surface area contributed by atoms with E-state index in [1.165, 1.54) is 18.4 Å². The predicted octanol–water partition coefficient (Wildman–Crippen LogP) is 2.60. The topological polar surface area (TPSA) is 50.7 Å². The molecule has 0 aliphatic carbocycles. The summed E-state index contributed by atoms with van der Waals surface area (Å²) in [6, 6.07) is 10.3.